The molecule has 8 heteroatoms. The number of rotatable bonds is 5. The van der Waals surface area contributed by atoms with Gasteiger partial charge in [0.25, 0.3) is 5.95 Å². The van der Waals surface area contributed by atoms with Crippen LogP contribution in [-0.4, -0.2) is 43.4 Å². The molecule has 2 aromatic heterocycles. The Hall–Kier alpha value is -3.49. The van der Waals surface area contributed by atoms with Crippen LogP contribution in [0.2, 0.25) is 0 Å². The number of ether oxygens (including phenoxy) is 1. The molecule has 1 aliphatic heterocycles. The lowest BCUT2D eigenvalue weighted by Gasteiger charge is -2.31. The molecule has 0 amide bonds. The minimum atomic E-state index is -0.301. The van der Waals surface area contributed by atoms with Crippen LogP contribution in [-0.2, 0) is 11.2 Å². The van der Waals surface area contributed by atoms with Crippen LogP contribution in [0.25, 0.3) is 17.3 Å². The molecule has 166 valence electrons. The van der Waals surface area contributed by atoms with E-state index in [2.05, 4.69) is 44.6 Å². The van der Waals surface area contributed by atoms with Crippen LogP contribution in [0, 0.1) is 11.7 Å². The first-order chi connectivity index (χ1) is 16.2. The Labute approximate surface area is 190 Å². The standard InChI is InChI=1S/C25H23FN6O/c26-20-9-7-18(8-10-20)22-30-23(32(31-22)24-27-11-4-12-28-24)21-15-29-25(16-33-21)14-19(25)13-17-5-2-1-3-6-17/h1-12,19,21,29H,13-16H2/t19-,21+,25?/m1/s1. The Morgan fingerprint density at radius 1 is 1.03 bits per heavy atom. The maximum absolute atomic E-state index is 13.4. The minimum absolute atomic E-state index is 0.0280. The summed E-state index contributed by atoms with van der Waals surface area (Å²) in [5.41, 5.74) is 2.10. The molecule has 1 spiro atoms. The summed E-state index contributed by atoms with van der Waals surface area (Å²) < 4.78 is 21.4. The van der Waals surface area contributed by atoms with Gasteiger partial charge in [-0.3, -0.25) is 0 Å². The van der Waals surface area contributed by atoms with E-state index in [1.165, 1.54) is 17.7 Å². The molecule has 1 saturated carbocycles. The van der Waals surface area contributed by atoms with Crippen molar-refractivity contribution in [3.8, 4) is 17.3 Å². The van der Waals surface area contributed by atoms with Gasteiger partial charge >= 0.3 is 0 Å². The molecule has 2 aliphatic rings. The highest BCUT2D eigenvalue weighted by Crippen LogP contribution is 2.48. The highest BCUT2D eigenvalue weighted by Gasteiger charge is 2.56. The topological polar surface area (TPSA) is 77.8 Å². The van der Waals surface area contributed by atoms with E-state index in [1.807, 2.05) is 6.07 Å². The molecule has 0 bridgehead atoms. The number of hydrogen-bond acceptors (Lipinski definition) is 6. The van der Waals surface area contributed by atoms with E-state index in [1.54, 1.807) is 35.3 Å². The Balaban J connectivity index is 1.23. The van der Waals surface area contributed by atoms with Crippen molar-refractivity contribution < 1.29 is 9.13 Å². The average Bonchev–Trinajstić information content (AvgIpc) is 3.31. The Bertz CT molecular complexity index is 1240. The second kappa shape index (κ2) is 8.13. The summed E-state index contributed by atoms with van der Waals surface area (Å²) in [6.45, 7) is 1.24. The van der Waals surface area contributed by atoms with Gasteiger partial charge in [0.05, 0.1) is 6.61 Å². The van der Waals surface area contributed by atoms with Crippen LogP contribution in [0.15, 0.2) is 73.1 Å². The zero-order valence-corrected chi connectivity index (χ0v) is 17.9. The first-order valence-electron chi connectivity index (χ1n) is 11.1. The van der Waals surface area contributed by atoms with Gasteiger partial charge in [-0.1, -0.05) is 30.3 Å². The smallest absolute Gasteiger partial charge is 0.252 e. The third kappa shape index (κ3) is 3.92. The highest BCUT2D eigenvalue weighted by atomic mass is 19.1. The van der Waals surface area contributed by atoms with E-state index in [0.29, 0.717) is 36.7 Å². The second-order valence-electron chi connectivity index (χ2n) is 8.69. The monoisotopic (exact) mass is 442 g/mol. The normalized spacial score (nSPS) is 24.2. The third-order valence-corrected chi connectivity index (χ3v) is 6.50. The van der Waals surface area contributed by atoms with Gasteiger partial charge in [-0.05, 0) is 54.7 Å². The quantitative estimate of drug-likeness (QED) is 0.510. The molecule has 1 unspecified atom stereocenters. The van der Waals surface area contributed by atoms with Crippen molar-refractivity contribution in [3.05, 3.63) is 90.3 Å². The summed E-state index contributed by atoms with van der Waals surface area (Å²) in [5.74, 6) is 1.79. The van der Waals surface area contributed by atoms with Gasteiger partial charge in [0.1, 0.15) is 11.9 Å². The second-order valence-corrected chi connectivity index (χ2v) is 8.69. The summed E-state index contributed by atoms with van der Waals surface area (Å²) >= 11 is 0. The van der Waals surface area contributed by atoms with Gasteiger partial charge in [-0.25, -0.2) is 19.3 Å². The van der Waals surface area contributed by atoms with Crippen LogP contribution in [0.5, 0.6) is 0 Å². The minimum Gasteiger partial charge on any atom is -0.367 e. The molecule has 2 fully saturated rings. The SMILES string of the molecule is Fc1ccc(-c2nc([C@@H]3CNC4(CO3)C[C@H]4Cc3ccccc3)n(-c3ncccn3)n2)cc1. The van der Waals surface area contributed by atoms with Crippen LogP contribution in [0.3, 0.4) is 0 Å². The molecule has 6 rings (SSSR count). The van der Waals surface area contributed by atoms with E-state index in [0.717, 1.165) is 18.4 Å². The number of aromatic nitrogens is 5. The van der Waals surface area contributed by atoms with Gasteiger partial charge in [0.2, 0.25) is 0 Å². The molecule has 2 aromatic carbocycles. The van der Waals surface area contributed by atoms with Crippen molar-refractivity contribution in [2.24, 2.45) is 5.92 Å². The van der Waals surface area contributed by atoms with E-state index in [4.69, 9.17) is 9.72 Å². The molecule has 7 nitrogen and oxygen atoms in total. The zero-order chi connectivity index (χ0) is 22.3. The van der Waals surface area contributed by atoms with Gasteiger partial charge in [0, 0.05) is 30.0 Å². The van der Waals surface area contributed by atoms with Gasteiger partial charge in [-0.2, -0.15) is 4.68 Å². The largest absolute Gasteiger partial charge is 0.367 e. The fourth-order valence-electron chi connectivity index (χ4n) is 4.56. The summed E-state index contributed by atoms with van der Waals surface area (Å²) in [5, 5.41) is 8.36. The van der Waals surface area contributed by atoms with Gasteiger partial charge < -0.3 is 10.1 Å². The number of benzene rings is 2. The van der Waals surface area contributed by atoms with Crippen molar-refractivity contribution in [1.29, 1.82) is 0 Å². The lowest BCUT2D eigenvalue weighted by Crippen LogP contribution is -2.47. The molecule has 0 radical (unpaired) electrons. The predicted molar refractivity (Wildman–Crippen MR) is 120 cm³/mol. The van der Waals surface area contributed by atoms with Crippen LogP contribution < -0.4 is 5.32 Å². The lowest BCUT2D eigenvalue weighted by molar-refractivity contribution is -0.0144. The van der Waals surface area contributed by atoms with E-state index < -0.39 is 0 Å². The first-order valence-corrected chi connectivity index (χ1v) is 11.1. The van der Waals surface area contributed by atoms with Crippen molar-refractivity contribution in [2.45, 2.75) is 24.5 Å². The highest BCUT2D eigenvalue weighted by molar-refractivity contribution is 5.54. The average molecular weight is 442 g/mol. The Morgan fingerprint density at radius 2 is 1.82 bits per heavy atom. The first kappa shape index (κ1) is 20.1. The molecule has 3 atom stereocenters. The number of hydrogen-bond donors (Lipinski definition) is 1. The number of nitrogens with zero attached hydrogens (tertiary/aromatic N) is 5. The molecule has 1 saturated heterocycles. The van der Waals surface area contributed by atoms with Crippen LogP contribution >= 0.6 is 0 Å². The third-order valence-electron chi connectivity index (χ3n) is 6.50. The molecule has 4 aromatic rings. The fraction of sp³-hybridized carbons (Fsp3) is 0.280. The predicted octanol–water partition coefficient (Wildman–Crippen LogP) is 3.53. The van der Waals surface area contributed by atoms with Gasteiger partial charge in [0.15, 0.2) is 11.6 Å². The zero-order valence-electron chi connectivity index (χ0n) is 17.9. The summed E-state index contributed by atoms with van der Waals surface area (Å²) in [6, 6.07) is 18.5. The van der Waals surface area contributed by atoms with Crippen molar-refractivity contribution in [3.63, 3.8) is 0 Å². The maximum atomic E-state index is 13.4. The molecule has 33 heavy (non-hydrogen) atoms. The summed E-state index contributed by atoms with van der Waals surface area (Å²) in [6.07, 6.45) is 5.19. The van der Waals surface area contributed by atoms with Crippen molar-refractivity contribution >= 4 is 0 Å². The van der Waals surface area contributed by atoms with E-state index in [-0.39, 0.29) is 17.5 Å². The molecule has 1 N–H and O–H groups in total. The molecular weight excluding hydrogens is 419 g/mol. The lowest BCUT2D eigenvalue weighted by atomic mass is 10.0. The molecule has 1 aliphatic carbocycles. The van der Waals surface area contributed by atoms with Crippen LogP contribution in [0.1, 0.15) is 23.9 Å². The Kier molecular flexibility index (Phi) is 4.96. The van der Waals surface area contributed by atoms with Crippen LogP contribution in [0.4, 0.5) is 4.39 Å². The molecule has 3 heterocycles. The number of nitrogens with one attached hydrogen (secondary N) is 1. The summed E-state index contributed by atoms with van der Waals surface area (Å²) in [7, 11) is 0. The van der Waals surface area contributed by atoms with Crippen molar-refractivity contribution in [2.75, 3.05) is 13.2 Å². The van der Waals surface area contributed by atoms with E-state index >= 15 is 0 Å². The van der Waals surface area contributed by atoms with Crippen molar-refractivity contribution in [1.82, 2.24) is 30.0 Å². The number of halogens is 1. The van der Waals surface area contributed by atoms with Gasteiger partial charge in [-0.15, -0.1) is 5.10 Å². The Morgan fingerprint density at radius 3 is 2.55 bits per heavy atom. The van der Waals surface area contributed by atoms with E-state index in [9.17, 15) is 4.39 Å². The summed E-state index contributed by atoms with van der Waals surface area (Å²) in [4.78, 5) is 13.4. The number of morpholine rings is 1. The fourth-order valence-corrected chi connectivity index (χ4v) is 4.56. The maximum Gasteiger partial charge on any atom is 0.252 e. The molecular formula is C25H23FN6O.